The predicted octanol–water partition coefficient (Wildman–Crippen LogP) is 3.77. The molecule has 1 aromatic carbocycles. The Morgan fingerprint density at radius 3 is 2.20 bits per heavy atom. The zero-order valence-corrected chi connectivity index (χ0v) is 17.6. The van der Waals surface area contributed by atoms with E-state index in [1.165, 1.54) is 0 Å². The van der Waals surface area contributed by atoms with Crippen LogP contribution in [0.3, 0.4) is 0 Å². The van der Waals surface area contributed by atoms with Crippen molar-refractivity contribution in [3.05, 3.63) is 27.3 Å². The molecule has 0 bridgehead atoms. The van der Waals surface area contributed by atoms with Crippen LogP contribution in [0.2, 0.25) is 0 Å². The number of amides is 1. The summed E-state index contributed by atoms with van der Waals surface area (Å²) in [6.07, 6.45) is -0.514. The van der Waals surface area contributed by atoms with Crippen LogP contribution in [0.25, 0.3) is 0 Å². The highest BCUT2D eigenvalue weighted by atomic mass is 127. The van der Waals surface area contributed by atoms with Crippen molar-refractivity contribution in [2.45, 2.75) is 65.2 Å². The van der Waals surface area contributed by atoms with E-state index >= 15 is 0 Å². The number of phenols is 1. The van der Waals surface area contributed by atoms with Crippen LogP contribution >= 0.6 is 22.6 Å². The maximum absolute atomic E-state index is 12.5. The van der Waals surface area contributed by atoms with E-state index in [1.54, 1.807) is 59.7 Å². The van der Waals surface area contributed by atoms with E-state index in [-0.39, 0.29) is 12.2 Å². The highest BCUT2D eigenvalue weighted by molar-refractivity contribution is 14.1. The van der Waals surface area contributed by atoms with Gasteiger partial charge in [0.15, 0.2) is 0 Å². The summed E-state index contributed by atoms with van der Waals surface area (Å²) in [5.74, 6) is -0.465. The number of esters is 1. The molecule has 1 aromatic rings. The minimum Gasteiger partial charge on any atom is -0.508 e. The third kappa shape index (κ3) is 8.42. The number of hydrogen-bond donors (Lipinski definition) is 2. The summed E-state index contributed by atoms with van der Waals surface area (Å²) in [4.78, 5) is 24.6. The lowest BCUT2D eigenvalue weighted by Crippen LogP contribution is -2.47. The van der Waals surface area contributed by atoms with Gasteiger partial charge in [-0.2, -0.15) is 0 Å². The number of ether oxygens (including phenoxy) is 2. The molecule has 0 fully saturated rings. The molecule has 1 rings (SSSR count). The van der Waals surface area contributed by atoms with Crippen LogP contribution in [0, 0.1) is 3.57 Å². The van der Waals surface area contributed by atoms with Gasteiger partial charge in [-0.1, -0.05) is 0 Å². The van der Waals surface area contributed by atoms with Gasteiger partial charge in [-0.25, -0.2) is 9.59 Å². The van der Waals surface area contributed by atoms with Crippen molar-refractivity contribution >= 4 is 34.7 Å². The first-order valence-corrected chi connectivity index (χ1v) is 9.04. The summed E-state index contributed by atoms with van der Waals surface area (Å²) < 4.78 is 11.5. The first kappa shape index (κ1) is 21.5. The Labute approximate surface area is 162 Å². The molecule has 0 aliphatic heterocycles. The maximum atomic E-state index is 12.5. The highest BCUT2D eigenvalue weighted by Gasteiger charge is 2.29. The van der Waals surface area contributed by atoms with E-state index < -0.39 is 29.3 Å². The molecule has 25 heavy (non-hydrogen) atoms. The van der Waals surface area contributed by atoms with Crippen molar-refractivity contribution in [3.63, 3.8) is 0 Å². The molecular formula is C18H26INO5. The Hall–Kier alpha value is -1.51. The molecule has 0 aromatic heterocycles. The second-order valence-corrected chi connectivity index (χ2v) is 8.87. The Kier molecular flexibility index (Phi) is 7.10. The van der Waals surface area contributed by atoms with Crippen molar-refractivity contribution < 1.29 is 24.2 Å². The number of halogens is 1. The molecule has 0 aliphatic carbocycles. The van der Waals surface area contributed by atoms with Gasteiger partial charge < -0.3 is 19.9 Å². The number of carbonyl (C=O) groups excluding carboxylic acids is 2. The van der Waals surface area contributed by atoms with Crippen molar-refractivity contribution in [3.8, 4) is 5.75 Å². The van der Waals surface area contributed by atoms with Crippen LogP contribution < -0.4 is 5.32 Å². The average Bonchev–Trinajstić information content (AvgIpc) is 2.38. The normalized spacial score (nSPS) is 13.1. The monoisotopic (exact) mass is 463 g/mol. The van der Waals surface area contributed by atoms with Crippen molar-refractivity contribution in [1.29, 1.82) is 0 Å². The van der Waals surface area contributed by atoms with Crippen LogP contribution in [0.1, 0.15) is 47.1 Å². The first-order chi connectivity index (χ1) is 11.3. The molecule has 1 atom stereocenters. The molecule has 0 heterocycles. The van der Waals surface area contributed by atoms with Gasteiger partial charge in [0.25, 0.3) is 0 Å². The van der Waals surface area contributed by atoms with Crippen LogP contribution in [-0.2, 0) is 20.7 Å². The molecule has 0 radical (unpaired) electrons. The Morgan fingerprint density at radius 2 is 1.68 bits per heavy atom. The summed E-state index contributed by atoms with van der Waals surface area (Å²) in [5.41, 5.74) is -0.633. The number of rotatable bonds is 4. The van der Waals surface area contributed by atoms with Gasteiger partial charge in [0.2, 0.25) is 0 Å². The van der Waals surface area contributed by atoms with Crippen LogP contribution in [-0.4, -0.2) is 34.4 Å². The van der Waals surface area contributed by atoms with Crippen molar-refractivity contribution in [2.24, 2.45) is 0 Å². The van der Waals surface area contributed by atoms with Crippen LogP contribution in [0.15, 0.2) is 18.2 Å². The number of nitrogens with one attached hydrogen (secondary N) is 1. The van der Waals surface area contributed by atoms with Gasteiger partial charge >= 0.3 is 12.1 Å². The van der Waals surface area contributed by atoms with E-state index in [2.05, 4.69) is 27.9 Å². The number of alkyl carbamates (subject to hydrolysis) is 1. The van der Waals surface area contributed by atoms with E-state index in [0.717, 1.165) is 9.13 Å². The molecule has 0 spiro atoms. The number of carbonyl (C=O) groups is 2. The van der Waals surface area contributed by atoms with E-state index in [9.17, 15) is 14.7 Å². The maximum Gasteiger partial charge on any atom is 0.408 e. The van der Waals surface area contributed by atoms with Gasteiger partial charge in [-0.15, -0.1) is 0 Å². The quantitative estimate of drug-likeness (QED) is 0.525. The second-order valence-electron chi connectivity index (χ2n) is 7.71. The summed E-state index contributed by atoms with van der Waals surface area (Å²) >= 11 is 2.11. The molecule has 0 saturated heterocycles. The fourth-order valence-corrected chi connectivity index (χ4v) is 2.51. The molecule has 7 heteroatoms. The van der Waals surface area contributed by atoms with E-state index in [1.807, 2.05) is 0 Å². The summed E-state index contributed by atoms with van der Waals surface area (Å²) in [6, 6.07) is 3.94. The van der Waals surface area contributed by atoms with Gasteiger partial charge in [0, 0.05) is 9.99 Å². The Bertz CT molecular complexity index is 631. The van der Waals surface area contributed by atoms with E-state index in [4.69, 9.17) is 9.47 Å². The van der Waals surface area contributed by atoms with E-state index in [0.29, 0.717) is 0 Å². The summed E-state index contributed by atoms with van der Waals surface area (Å²) in [5, 5.41) is 12.2. The predicted molar refractivity (Wildman–Crippen MR) is 104 cm³/mol. The highest BCUT2D eigenvalue weighted by Crippen LogP contribution is 2.21. The minimum atomic E-state index is -0.926. The minimum absolute atomic E-state index is 0.0932. The fraction of sp³-hybridized carbons (Fsp3) is 0.556. The third-order valence-corrected chi connectivity index (χ3v) is 3.89. The lowest BCUT2D eigenvalue weighted by molar-refractivity contribution is -0.157. The Morgan fingerprint density at radius 1 is 1.12 bits per heavy atom. The van der Waals surface area contributed by atoms with Crippen molar-refractivity contribution in [1.82, 2.24) is 5.32 Å². The third-order valence-electron chi connectivity index (χ3n) is 2.84. The largest absolute Gasteiger partial charge is 0.508 e. The molecule has 140 valence electrons. The van der Waals surface area contributed by atoms with Crippen LogP contribution in [0.4, 0.5) is 4.79 Å². The second kappa shape index (κ2) is 8.25. The van der Waals surface area contributed by atoms with Crippen molar-refractivity contribution in [2.75, 3.05) is 0 Å². The zero-order chi connectivity index (χ0) is 19.4. The zero-order valence-electron chi connectivity index (χ0n) is 15.5. The molecular weight excluding hydrogens is 437 g/mol. The average molecular weight is 463 g/mol. The number of hydrogen-bond acceptors (Lipinski definition) is 5. The first-order valence-electron chi connectivity index (χ1n) is 7.96. The summed E-state index contributed by atoms with van der Waals surface area (Å²) in [7, 11) is 0. The number of aromatic hydroxyl groups is 1. The van der Waals surface area contributed by atoms with Gasteiger partial charge in [-0.3, -0.25) is 0 Å². The lowest BCUT2D eigenvalue weighted by Gasteiger charge is -2.26. The smallest absolute Gasteiger partial charge is 0.408 e. The molecule has 6 nitrogen and oxygen atoms in total. The van der Waals surface area contributed by atoms with Crippen LogP contribution in [0.5, 0.6) is 5.75 Å². The molecule has 0 saturated carbocycles. The SMILES string of the molecule is CC(C)(C)OC(=O)N[C@H](Cc1cc(O)ccc1I)C(=O)OC(C)(C)C. The Balaban J connectivity index is 3.00. The topological polar surface area (TPSA) is 84.9 Å². The summed E-state index contributed by atoms with van der Waals surface area (Å²) in [6.45, 7) is 10.5. The number of phenolic OH excluding ortho intramolecular Hbond substituents is 1. The van der Waals surface area contributed by atoms with Gasteiger partial charge in [0.05, 0.1) is 0 Å². The molecule has 1 amide bonds. The number of benzene rings is 1. The molecule has 0 unspecified atom stereocenters. The fourth-order valence-electron chi connectivity index (χ4n) is 1.95. The standard InChI is InChI=1S/C18H26INO5/c1-17(2,3)24-15(22)14(20-16(23)25-18(4,5)6)10-11-9-12(21)7-8-13(11)19/h7-9,14,21H,10H2,1-6H3,(H,20,23)/t14-/m1/s1. The lowest BCUT2D eigenvalue weighted by atomic mass is 10.1. The van der Waals surface area contributed by atoms with Gasteiger partial charge in [-0.05, 0) is 87.9 Å². The van der Waals surface area contributed by atoms with Gasteiger partial charge in [0.1, 0.15) is 23.0 Å². The molecule has 2 N–H and O–H groups in total. The molecule has 0 aliphatic rings.